The molecule has 1 aromatic heterocycles. The maximum absolute atomic E-state index is 4.88. The van der Waals surface area contributed by atoms with Crippen molar-refractivity contribution in [3.8, 4) is 0 Å². The average Bonchev–Trinajstić information content (AvgIpc) is 2.33. The van der Waals surface area contributed by atoms with Crippen LogP contribution in [-0.2, 0) is 17.9 Å². The Morgan fingerprint density at radius 3 is 2.69 bits per heavy atom. The summed E-state index contributed by atoms with van der Waals surface area (Å²) in [6.45, 7) is 6.50. The summed E-state index contributed by atoms with van der Waals surface area (Å²) >= 11 is 0. The predicted molar refractivity (Wildman–Crippen MR) is 46.4 cm³/mol. The van der Waals surface area contributed by atoms with Gasteiger partial charge in [0.2, 0.25) is 0 Å². The molecule has 5 nitrogen and oxygen atoms in total. The zero-order valence-electron chi connectivity index (χ0n) is 8.20. The Bertz CT molecular complexity index is 265. The molecule has 0 aliphatic heterocycles. The van der Waals surface area contributed by atoms with Crippen molar-refractivity contribution in [1.29, 1.82) is 0 Å². The van der Waals surface area contributed by atoms with Crippen LogP contribution in [0.4, 0.5) is 0 Å². The molecule has 13 heavy (non-hydrogen) atoms. The zero-order chi connectivity index (χ0) is 9.90. The molecule has 0 spiro atoms. The van der Waals surface area contributed by atoms with Gasteiger partial charge in [0, 0.05) is 6.42 Å². The van der Waals surface area contributed by atoms with E-state index in [0.29, 0.717) is 11.7 Å². The van der Waals surface area contributed by atoms with Gasteiger partial charge in [-0.2, -0.15) is 4.98 Å². The number of nitrogens with two attached hydrogens (primary N) is 1. The molecule has 0 aliphatic carbocycles. The first-order valence-electron chi connectivity index (χ1n) is 4.14. The highest BCUT2D eigenvalue weighted by molar-refractivity contribution is 4.88. The standard InChI is InChI=1S/C8H15N3O2/c1-8(2,3)4-6-10-7(5-12-9)13-11-6/h4-5,9H2,1-3H3. The molecule has 2 N–H and O–H groups in total. The first kappa shape index (κ1) is 10.1. The Balaban J connectivity index is 2.59. The third-order valence-electron chi connectivity index (χ3n) is 1.41. The van der Waals surface area contributed by atoms with Crippen molar-refractivity contribution >= 4 is 0 Å². The summed E-state index contributed by atoms with van der Waals surface area (Å²) in [5.41, 5.74) is 0.157. The summed E-state index contributed by atoms with van der Waals surface area (Å²) in [6.07, 6.45) is 0.779. The van der Waals surface area contributed by atoms with Crippen LogP contribution in [0.5, 0.6) is 0 Å². The van der Waals surface area contributed by atoms with Crippen LogP contribution < -0.4 is 5.90 Å². The number of rotatable bonds is 3. The number of hydrogen-bond acceptors (Lipinski definition) is 5. The highest BCUT2D eigenvalue weighted by Crippen LogP contribution is 2.18. The van der Waals surface area contributed by atoms with Gasteiger partial charge in [0.1, 0.15) is 6.61 Å². The Kier molecular flexibility index (Phi) is 3.00. The van der Waals surface area contributed by atoms with Gasteiger partial charge in [0.25, 0.3) is 5.89 Å². The second-order valence-electron chi connectivity index (χ2n) is 4.15. The van der Waals surface area contributed by atoms with E-state index in [4.69, 9.17) is 10.4 Å². The molecule has 0 saturated carbocycles. The van der Waals surface area contributed by atoms with E-state index in [-0.39, 0.29) is 12.0 Å². The second-order valence-corrected chi connectivity index (χ2v) is 4.15. The Labute approximate surface area is 77.2 Å². The van der Waals surface area contributed by atoms with Crippen LogP contribution in [0.15, 0.2) is 4.52 Å². The first-order valence-corrected chi connectivity index (χ1v) is 4.14. The van der Waals surface area contributed by atoms with Crippen molar-refractivity contribution in [3.63, 3.8) is 0 Å². The average molecular weight is 185 g/mol. The van der Waals surface area contributed by atoms with Crippen LogP contribution >= 0.6 is 0 Å². The molecule has 1 aromatic rings. The molecule has 0 fully saturated rings. The van der Waals surface area contributed by atoms with Gasteiger partial charge in [-0.05, 0) is 5.41 Å². The maximum atomic E-state index is 4.88. The SMILES string of the molecule is CC(C)(C)Cc1noc(CON)n1. The van der Waals surface area contributed by atoms with Gasteiger partial charge in [0.15, 0.2) is 5.82 Å². The van der Waals surface area contributed by atoms with Crippen molar-refractivity contribution in [1.82, 2.24) is 10.1 Å². The Morgan fingerprint density at radius 1 is 1.46 bits per heavy atom. The minimum absolute atomic E-state index is 0.157. The molecule has 0 unspecified atom stereocenters. The Morgan fingerprint density at radius 2 is 2.15 bits per heavy atom. The lowest BCUT2D eigenvalue weighted by molar-refractivity contribution is 0.0995. The lowest BCUT2D eigenvalue weighted by Gasteiger charge is -2.14. The van der Waals surface area contributed by atoms with Gasteiger partial charge < -0.3 is 4.52 Å². The van der Waals surface area contributed by atoms with Crippen LogP contribution in [0.2, 0.25) is 0 Å². The van der Waals surface area contributed by atoms with Crippen molar-refractivity contribution < 1.29 is 9.36 Å². The summed E-state index contributed by atoms with van der Waals surface area (Å²) in [5.74, 6) is 5.98. The first-order chi connectivity index (χ1) is 6.01. The van der Waals surface area contributed by atoms with Gasteiger partial charge in [0.05, 0.1) is 0 Å². The van der Waals surface area contributed by atoms with E-state index in [9.17, 15) is 0 Å². The predicted octanol–water partition coefficient (Wildman–Crippen LogP) is 1.05. The van der Waals surface area contributed by atoms with E-state index in [0.717, 1.165) is 6.42 Å². The molecule has 0 saturated heterocycles. The summed E-state index contributed by atoms with van der Waals surface area (Å²) < 4.78 is 4.88. The third kappa shape index (κ3) is 3.52. The van der Waals surface area contributed by atoms with Crippen molar-refractivity contribution in [2.75, 3.05) is 0 Å². The van der Waals surface area contributed by atoms with Crippen LogP contribution in [0.1, 0.15) is 32.5 Å². The van der Waals surface area contributed by atoms with Gasteiger partial charge in [-0.15, -0.1) is 0 Å². The fourth-order valence-corrected chi connectivity index (χ4v) is 0.966. The number of hydrogen-bond donors (Lipinski definition) is 1. The van der Waals surface area contributed by atoms with Crippen LogP contribution in [0, 0.1) is 5.41 Å². The largest absolute Gasteiger partial charge is 0.337 e. The van der Waals surface area contributed by atoms with Gasteiger partial charge in [-0.3, -0.25) is 4.84 Å². The molecular weight excluding hydrogens is 170 g/mol. The van der Waals surface area contributed by atoms with Crippen molar-refractivity contribution in [3.05, 3.63) is 11.7 Å². The quantitative estimate of drug-likeness (QED) is 0.712. The minimum atomic E-state index is 0.157. The monoisotopic (exact) mass is 185 g/mol. The molecule has 74 valence electrons. The molecule has 0 aromatic carbocycles. The second kappa shape index (κ2) is 3.85. The summed E-state index contributed by atoms with van der Waals surface area (Å²) in [4.78, 5) is 8.48. The van der Waals surface area contributed by atoms with Gasteiger partial charge in [-0.25, -0.2) is 5.90 Å². The molecule has 0 atom stereocenters. The summed E-state index contributed by atoms with van der Waals surface area (Å²) in [6, 6.07) is 0. The minimum Gasteiger partial charge on any atom is -0.337 e. The fourth-order valence-electron chi connectivity index (χ4n) is 0.966. The highest BCUT2D eigenvalue weighted by atomic mass is 16.6. The number of nitrogens with zero attached hydrogens (tertiary/aromatic N) is 2. The van der Waals surface area contributed by atoms with Crippen LogP contribution in [-0.4, -0.2) is 10.1 Å². The summed E-state index contributed by atoms with van der Waals surface area (Å²) in [7, 11) is 0. The maximum Gasteiger partial charge on any atom is 0.254 e. The molecule has 5 heteroatoms. The van der Waals surface area contributed by atoms with E-state index in [1.165, 1.54) is 0 Å². The molecular formula is C8H15N3O2. The van der Waals surface area contributed by atoms with Gasteiger partial charge >= 0.3 is 0 Å². The van der Waals surface area contributed by atoms with Crippen LogP contribution in [0.3, 0.4) is 0 Å². The van der Waals surface area contributed by atoms with Gasteiger partial charge in [-0.1, -0.05) is 25.9 Å². The van der Waals surface area contributed by atoms with E-state index in [1.807, 2.05) is 0 Å². The zero-order valence-corrected chi connectivity index (χ0v) is 8.20. The van der Waals surface area contributed by atoms with E-state index in [1.54, 1.807) is 0 Å². The number of aromatic nitrogens is 2. The smallest absolute Gasteiger partial charge is 0.254 e. The topological polar surface area (TPSA) is 74.2 Å². The Hall–Kier alpha value is -0.940. The normalized spacial score (nSPS) is 12.0. The van der Waals surface area contributed by atoms with Crippen molar-refractivity contribution in [2.24, 2.45) is 11.3 Å². The molecule has 0 radical (unpaired) electrons. The summed E-state index contributed by atoms with van der Waals surface area (Å²) in [5, 5.41) is 3.80. The van der Waals surface area contributed by atoms with E-state index in [2.05, 4.69) is 35.7 Å². The van der Waals surface area contributed by atoms with Crippen LogP contribution in [0.25, 0.3) is 0 Å². The molecule has 1 rings (SSSR count). The fraction of sp³-hybridized carbons (Fsp3) is 0.750. The van der Waals surface area contributed by atoms with E-state index < -0.39 is 0 Å². The lowest BCUT2D eigenvalue weighted by atomic mass is 9.92. The van der Waals surface area contributed by atoms with Crippen molar-refractivity contribution in [2.45, 2.75) is 33.8 Å². The molecule has 0 amide bonds. The molecule has 0 aliphatic rings. The third-order valence-corrected chi connectivity index (χ3v) is 1.41. The lowest BCUT2D eigenvalue weighted by Crippen LogP contribution is -2.10. The highest BCUT2D eigenvalue weighted by Gasteiger charge is 2.15. The van der Waals surface area contributed by atoms with E-state index >= 15 is 0 Å². The molecule has 1 heterocycles. The molecule has 0 bridgehead atoms.